The van der Waals surface area contributed by atoms with Gasteiger partial charge in [-0.1, -0.05) is 39.8 Å². The lowest BCUT2D eigenvalue weighted by atomic mass is 9.87. The first-order valence-electron chi connectivity index (χ1n) is 6.76. The molecular weight excluding hydrogens is 252 g/mol. The Morgan fingerprint density at radius 3 is 2.30 bits per heavy atom. The first-order valence-corrected chi connectivity index (χ1v) is 6.76. The quantitative estimate of drug-likeness (QED) is 0.931. The summed E-state index contributed by atoms with van der Waals surface area (Å²) < 4.78 is 1.70. The molecule has 0 radical (unpaired) electrons. The minimum atomic E-state index is -0.996. The van der Waals surface area contributed by atoms with Crippen LogP contribution < -0.4 is 0 Å². The molecule has 1 heterocycles. The van der Waals surface area contributed by atoms with Crippen LogP contribution in [-0.2, 0) is 11.8 Å². The number of carbonyl (C=O) groups is 1. The van der Waals surface area contributed by atoms with Gasteiger partial charge in [0, 0.05) is 5.69 Å². The fourth-order valence-electron chi connectivity index (χ4n) is 2.10. The van der Waals surface area contributed by atoms with Gasteiger partial charge in [0.05, 0.1) is 5.69 Å². The standard InChI is InChI=1S/C16H20N2O2/c1-5-12-10-14(15(19)20)17-18(12)13-8-6-11(7-9-13)16(2,3)4/h6-10H,5H2,1-4H3,(H,19,20). The van der Waals surface area contributed by atoms with E-state index in [4.69, 9.17) is 5.11 Å². The highest BCUT2D eigenvalue weighted by molar-refractivity contribution is 5.85. The zero-order valence-corrected chi connectivity index (χ0v) is 12.3. The molecule has 1 N–H and O–H groups in total. The van der Waals surface area contributed by atoms with Crippen LogP contribution in [0, 0.1) is 0 Å². The number of carboxylic acids is 1. The van der Waals surface area contributed by atoms with Crippen LogP contribution in [0.2, 0.25) is 0 Å². The Labute approximate surface area is 119 Å². The van der Waals surface area contributed by atoms with Gasteiger partial charge in [0.25, 0.3) is 0 Å². The summed E-state index contributed by atoms with van der Waals surface area (Å²) in [6.07, 6.45) is 0.737. The molecule has 20 heavy (non-hydrogen) atoms. The first kappa shape index (κ1) is 14.3. The van der Waals surface area contributed by atoms with Gasteiger partial charge in [0.1, 0.15) is 0 Å². The van der Waals surface area contributed by atoms with E-state index < -0.39 is 5.97 Å². The van der Waals surface area contributed by atoms with E-state index in [1.807, 2.05) is 19.1 Å². The number of carboxylic acid groups (broad SMARTS) is 1. The molecule has 0 fully saturated rings. The number of hydrogen-bond acceptors (Lipinski definition) is 2. The van der Waals surface area contributed by atoms with Crippen molar-refractivity contribution in [3.63, 3.8) is 0 Å². The first-order chi connectivity index (χ1) is 9.32. The third kappa shape index (κ3) is 2.74. The van der Waals surface area contributed by atoms with Crippen LogP contribution in [0.5, 0.6) is 0 Å². The van der Waals surface area contributed by atoms with Crippen molar-refractivity contribution in [2.24, 2.45) is 0 Å². The average molecular weight is 272 g/mol. The van der Waals surface area contributed by atoms with Gasteiger partial charge < -0.3 is 5.11 Å². The van der Waals surface area contributed by atoms with Crippen LogP contribution in [0.25, 0.3) is 5.69 Å². The minimum Gasteiger partial charge on any atom is -0.476 e. The van der Waals surface area contributed by atoms with E-state index in [-0.39, 0.29) is 11.1 Å². The fourth-order valence-corrected chi connectivity index (χ4v) is 2.10. The van der Waals surface area contributed by atoms with Crippen LogP contribution in [0.15, 0.2) is 30.3 Å². The number of aromatic nitrogens is 2. The summed E-state index contributed by atoms with van der Waals surface area (Å²) in [4.78, 5) is 11.0. The molecule has 4 nitrogen and oxygen atoms in total. The van der Waals surface area contributed by atoms with Crippen LogP contribution >= 0.6 is 0 Å². The molecule has 0 aliphatic carbocycles. The van der Waals surface area contributed by atoms with E-state index in [0.29, 0.717) is 0 Å². The molecule has 1 aromatic carbocycles. The average Bonchev–Trinajstić information content (AvgIpc) is 2.82. The monoisotopic (exact) mass is 272 g/mol. The highest BCUT2D eigenvalue weighted by Gasteiger charge is 2.15. The summed E-state index contributed by atoms with van der Waals surface area (Å²) in [7, 11) is 0. The summed E-state index contributed by atoms with van der Waals surface area (Å²) in [6.45, 7) is 8.48. The second-order valence-corrected chi connectivity index (χ2v) is 5.89. The van der Waals surface area contributed by atoms with Gasteiger partial charge in [-0.3, -0.25) is 0 Å². The molecule has 0 amide bonds. The SMILES string of the molecule is CCc1cc(C(=O)O)nn1-c1ccc(C(C)(C)C)cc1. The zero-order valence-electron chi connectivity index (χ0n) is 12.3. The Bertz CT molecular complexity index is 619. The predicted octanol–water partition coefficient (Wildman–Crippen LogP) is 3.43. The molecule has 4 heteroatoms. The molecular formula is C16H20N2O2. The maximum Gasteiger partial charge on any atom is 0.356 e. The number of aryl methyl sites for hydroxylation is 1. The van der Waals surface area contributed by atoms with E-state index in [1.54, 1.807) is 10.7 Å². The van der Waals surface area contributed by atoms with Gasteiger partial charge in [-0.15, -0.1) is 0 Å². The van der Waals surface area contributed by atoms with Gasteiger partial charge >= 0.3 is 5.97 Å². The van der Waals surface area contributed by atoms with Gasteiger partial charge in [0.2, 0.25) is 0 Å². The van der Waals surface area contributed by atoms with Crippen LogP contribution in [0.1, 0.15) is 49.4 Å². The zero-order chi connectivity index (χ0) is 14.9. The van der Waals surface area contributed by atoms with Gasteiger partial charge in [-0.25, -0.2) is 9.48 Å². The van der Waals surface area contributed by atoms with E-state index in [9.17, 15) is 4.79 Å². The van der Waals surface area contributed by atoms with Crippen molar-refractivity contribution in [3.8, 4) is 5.69 Å². The summed E-state index contributed by atoms with van der Waals surface area (Å²) in [6, 6.07) is 9.73. The Kier molecular flexibility index (Phi) is 3.66. The molecule has 2 aromatic rings. The third-order valence-corrected chi connectivity index (χ3v) is 3.34. The Balaban J connectivity index is 2.43. The molecule has 0 aliphatic rings. The molecule has 0 atom stereocenters. The van der Waals surface area contributed by atoms with Crippen molar-refractivity contribution in [3.05, 3.63) is 47.3 Å². The summed E-state index contributed by atoms with van der Waals surface area (Å²) in [5.74, 6) is -0.996. The van der Waals surface area contributed by atoms with E-state index in [0.717, 1.165) is 17.8 Å². The Morgan fingerprint density at radius 2 is 1.85 bits per heavy atom. The van der Waals surface area contributed by atoms with Crippen LogP contribution in [0.3, 0.4) is 0 Å². The molecule has 106 valence electrons. The number of aromatic carboxylic acids is 1. The van der Waals surface area contributed by atoms with Crippen molar-refractivity contribution in [1.82, 2.24) is 9.78 Å². The maximum absolute atomic E-state index is 11.0. The van der Waals surface area contributed by atoms with Crippen molar-refractivity contribution in [2.45, 2.75) is 39.5 Å². The molecule has 0 saturated carbocycles. The number of hydrogen-bond donors (Lipinski definition) is 1. The van der Waals surface area contributed by atoms with Crippen molar-refractivity contribution in [2.75, 3.05) is 0 Å². The van der Waals surface area contributed by atoms with Gasteiger partial charge in [-0.05, 0) is 35.6 Å². The molecule has 1 aromatic heterocycles. The molecule has 0 bridgehead atoms. The molecule has 2 rings (SSSR count). The lowest BCUT2D eigenvalue weighted by molar-refractivity contribution is 0.0690. The maximum atomic E-state index is 11.0. The van der Waals surface area contributed by atoms with Crippen molar-refractivity contribution in [1.29, 1.82) is 0 Å². The normalized spacial score (nSPS) is 11.6. The van der Waals surface area contributed by atoms with Crippen molar-refractivity contribution >= 4 is 5.97 Å². The molecule has 0 saturated heterocycles. The van der Waals surface area contributed by atoms with E-state index >= 15 is 0 Å². The smallest absolute Gasteiger partial charge is 0.356 e. The highest BCUT2D eigenvalue weighted by Crippen LogP contribution is 2.23. The molecule has 0 unspecified atom stereocenters. The third-order valence-electron chi connectivity index (χ3n) is 3.34. The highest BCUT2D eigenvalue weighted by atomic mass is 16.4. The van der Waals surface area contributed by atoms with Crippen LogP contribution in [0.4, 0.5) is 0 Å². The summed E-state index contributed by atoms with van der Waals surface area (Å²) >= 11 is 0. The van der Waals surface area contributed by atoms with Crippen molar-refractivity contribution < 1.29 is 9.90 Å². The second-order valence-electron chi connectivity index (χ2n) is 5.89. The lowest BCUT2D eigenvalue weighted by Crippen LogP contribution is -2.11. The summed E-state index contributed by atoms with van der Waals surface area (Å²) in [5, 5.41) is 13.2. The summed E-state index contributed by atoms with van der Waals surface area (Å²) in [5.41, 5.74) is 3.21. The second kappa shape index (κ2) is 5.12. The number of nitrogens with zero attached hydrogens (tertiary/aromatic N) is 2. The lowest BCUT2D eigenvalue weighted by Gasteiger charge is -2.19. The Morgan fingerprint density at radius 1 is 1.25 bits per heavy atom. The topological polar surface area (TPSA) is 55.1 Å². The number of rotatable bonds is 3. The Hall–Kier alpha value is -2.10. The molecule has 0 spiro atoms. The van der Waals surface area contributed by atoms with Gasteiger partial charge in [0.15, 0.2) is 5.69 Å². The van der Waals surface area contributed by atoms with Gasteiger partial charge in [-0.2, -0.15) is 5.10 Å². The number of benzene rings is 1. The van der Waals surface area contributed by atoms with Crippen LogP contribution in [-0.4, -0.2) is 20.9 Å². The molecule has 0 aliphatic heterocycles. The largest absolute Gasteiger partial charge is 0.476 e. The minimum absolute atomic E-state index is 0.0850. The van der Waals surface area contributed by atoms with E-state index in [2.05, 4.69) is 38.0 Å². The predicted molar refractivity (Wildman–Crippen MR) is 78.6 cm³/mol. The van der Waals surface area contributed by atoms with E-state index in [1.165, 1.54) is 5.56 Å². The fraction of sp³-hybridized carbons (Fsp3) is 0.375.